The molecule has 3 atom stereocenters. The van der Waals surface area contributed by atoms with Crippen molar-refractivity contribution in [1.82, 2.24) is 0 Å². The number of rotatable bonds is 2. The number of nitrogens with zero attached hydrogens (tertiary/aromatic N) is 1. The van der Waals surface area contributed by atoms with E-state index in [2.05, 4.69) is 41.7 Å². The minimum Gasteiger partial charge on any atom is -0.378 e. The van der Waals surface area contributed by atoms with Gasteiger partial charge in [-0.25, -0.2) is 0 Å². The summed E-state index contributed by atoms with van der Waals surface area (Å²) in [5, 5.41) is 4.47. The molecule has 4 rings (SSSR count). The van der Waals surface area contributed by atoms with E-state index in [1.165, 1.54) is 11.1 Å². The van der Waals surface area contributed by atoms with Crippen molar-refractivity contribution in [1.29, 1.82) is 0 Å². The van der Waals surface area contributed by atoms with Crippen molar-refractivity contribution in [3.05, 3.63) is 70.8 Å². The van der Waals surface area contributed by atoms with E-state index in [4.69, 9.17) is 11.6 Å². The number of benzene rings is 2. The lowest BCUT2D eigenvalue weighted by Crippen LogP contribution is -2.30. The van der Waals surface area contributed by atoms with Crippen LogP contribution >= 0.6 is 11.6 Å². The molecule has 1 N–H and O–H groups in total. The molecule has 1 heterocycles. The number of fused-ring (bicyclic) bond motifs is 3. The Morgan fingerprint density at radius 2 is 2.08 bits per heavy atom. The van der Waals surface area contributed by atoms with Gasteiger partial charge in [-0.05, 0) is 53.8 Å². The van der Waals surface area contributed by atoms with E-state index in [0.717, 1.165) is 22.8 Å². The Morgan fingerprint density at radius 1 is 1.24 bits per heavy atom. The standard InChI is InChI=1S/C21H21ClN2O/c1-13(25)24(2)16-9-10-20-19(12-16)17-7-4-8-18(17)21(23-20)14-5-3-6-15(22)11-14/h3-7,9-12,17-18,21,23H,8H2,1-2H3. The van der Waals surface area contributed by atoms with Crippen molar-refractivity contribution >= 4 is 28.9 Å². The van der Waals surface area contributed by atoms with Crippen LogP contribution in [0.2, 0.25) is 5.02 Å². The van der Waals surface area contributed by atoms with Gasteiger partial charge in [0.05, 0.1) is 6.04 Å². The number of nitrogens with one attached hydrogen (secondary N) is 1. The zero-order chi connectivity index (χ0) is 17.6. The minimum atomic E-state index is 0.0408. The first kappa shape index (κ1) is 16.2. The average Bonchev–Trinajstić information content (AvgIpc) is 3.10. The topological polar surface area (TPSA) is 32.3 Å². The van der Waals surface area contributed by atoms with Crippen molar-refractivity contribution in [2.45, 2.75) is 25.3 Å². The van der Waals surface area contributed by atoms with Crippen molar-refractivity contribution in [2.24, 2.45) is 5.92 Å². The fraction of sp³-hybridized carbons (Fsp3) is 0.286. The molecule has 0 radical (unpaired) electrons. The number of anilines is 2. The Bertz CT molecular complexity index is 861. The minimum absolute atomic E-state index is 0.0408. The molecule has 0 spiro atoms. The van der Waals surface area contributed by atoms with Gasteiger partial charge in [0.1, 0.15) is 0 Å². The molecule has 2 aromatic rings. The van der Waals surface area contributed by atoms with Gasteiger partial charge in [0.2, 0.25) is 5.91 Å². The fourth-order valence-corrected chi connectivity index (χ4v) is 4.20. The SMILES string of the molecule is CC(=O)N(C)c1ccc2c(c1)C1C=CCC1C(c1cccc(Cl)c1)N2. The zero-order valence-electron chi connectivity index (χ0n) is 14.4. The molecule has 1 aliphatic carbocycles. The third-order valence-electron chi connectivity index (χ3n) is 5.41. The molecule has 3 unspecified atom stereocenters. The fourth-order valence-electron chi connectivity index (χ4n) is 4.00. The van der Waals surface area contributed by atoms with Crippen molar-refractivity contribution in [3.63, 3.8) is 0 Å². The maximum atomic E-state index is 11.7. The Hall–Kier alpha value is -2.26. The Kier molecular flexibility index (Phi) is 4.04. The van der Waals surface area contributed by atoms with Gasteiger partial charge in [0, 0.05) is 36.3 Å². The highest BCUT2D eigenvalue weighted by Gasteiger charge is 2.38. The predicted molar refractivity (Wildman–Crippen MR) is 103 cm³/mol. The lowest BCUT2D eigenvalue weighted by atomic mass is 9.77. The highest BCUT2D eigenvalue weighted by atomic mass is 35.5. The lowest BCUT2D eigenvalue weighted by molar-refractivity contribution is -0.116. The van der Waals surface area contributed by atoms with Gasteiger partial charge < -0.3 is 10.2 Å². The number of amides is 1. The number of hydrogen-bond acceptors (Lipinski definition) is 2. The van der Waals surface area contributed by atoms with Crippen LogP contribution in [0.5, 0.6) is 0 Å². The quantitative estimate of drug-likeness (QED) is 0.758. The molecule has 2 aliphatic rings. The van der Waals surface area contributed by atoms with Crippen LogP contribution < -0.4 is 10.2 Å². The van der Waals surface area contributed by atoms with Crippen LogP contribution in [0.1, 0.15) is 36.4 Å². The Morgan fingerprint density at radius 3 is 2.84 bits per heavy atom. The molecule has 25 heavy (non-hydrogen) atoms. The highest BCUT2D eigenvalue weighted by Crippen LogP contribution is 2.50. The second-order valence-corrected chi connectivity index (χ2v) is 7.32. The summed E-state index contributed by atoms with van der Waals surface area (Å²) in [4.78, 5) is 13.4. The summed E-state index contributed by atoms with van der Waals surface area (Å²) in [6.07, 6.45) is 5.62. The van der Waals surface area contributed by atoms with Crippen LogP contribution in [-0.2, 0) is 4.79 Å². The van der Waals surface area contributed by atoms with E-state index < -0.39 is 0 Å². The van der Waals surface area contributed by atoms with E-state index in [1.54, 1.807) is 11.8 Å². The van der Waals surface area contributed by atoms with Crippen molar-refractivity contribution in [2.75, 3.05) is 17.3 Å². The van der Waals surface area contributed by atoms with Crippen LogP contribution in [0, 0.1) is 5.92 Å². The van der Waals surface area contributed by atoms with Crippen molar-refractivity contribution < 1.29 is 4.79 Å². The second-order valence-electron chi connectivity index (χ2n) is 6.88. The van der Waals surface area contributed by atoms with Gasteiger partial charge in [0.25, 0.3) is 0 Å². The molecule has 0 saturated carbocycles. The molecule has 0 aromatic heterocycles. The number of halogens is 1. The summed E-state index contributed by atoms with van der Waals surface area (Å²) < 4.78 is 0. The van der Waals surface area contributed by atoms with Crippen LogP contribution in [-0.4, -0.2) is 13.0 Å². The molecule has 0 fully saturated rings. The van der Waals surface area contributed by atoms with E-state index in [1.807, 2.05) is 25.2 Å². The monoisotopic (exact) mass is 352 g/mol. The molecule has 0 bridgehead atoms. The number of carbonyl (C=O) groups excluding carboxylic acids is 1. The maximum Gasteiger partial charge on any atom is 0.223 e. The molecule has 128 valence electrons. The van der Waals surface area contributed by atoms with E-state index in [0.29, 0.717) is 11.8 Å². The van der Waals surface area contributed by atoms with Gasteiger partial charge in [-0.15, -0.1) is 0 Å². The number of allylic oxidation sites excluding steroid dienone is 2. The van der Waals surface area contributed by atoms with E-state index in [9.17, 15) is 4.79 Å². The van der Waals surface area contributed by atoms with Gasteiger partial charge in [0.15, 0.2) is 0 Å². The zero-order valence-corrected chi connectivity index (χ0v) is 15.1. The van der Waals surface area contributed by atoms with Gasteiger partial charge in [-0.3, -0.25) is 4.79 Å². The molecule has 1 amide bonds. The third kappa shape index (κ3) is 2.83. The molecule has 1 aliphatic heterocycles. The smallest absolute Gasteiger partial charge is 0.223 e. The molecule has 3 nitrogen and oxygen atoms in total. The summed E-state index contributed by atoms with van der Waals surface area (Å²) in [6, 6.07) is 14.6. The third-order valence-corrected chi connectivity index (χ3v) is 5.65. The predicted octanol–water partition coefficient (Wildman–Crippen LogP) is 5.15. The Balaban J connectivity index is 1.75. The van der Waals surface area contributed by atoms with Crippen LogP contribution in [0.15, 0.2) is 54.6 Å². The average molecular weight is 353 g/mol. The normalized spacial score (nSPS) is 23.6. The number of carbonyl (C=O) groups is 1. The molecular weight excluding hydrogens is 332 g/mol. The molecule has 2 aromatic carbocycles. The van der Waals surface area contributed by atoms with E-state index in [-0.39, 0.29) is 11.9 Å². The van der Waals surface area contributed by atoms with Crippen molar-refractivity contribution in [3.8, 4) is 0 Å². The van der Waals surface area contributed by atoms with Gasteiger partial charge in [-0.2, -0.15) is 0 Å². The maximum absolute atomic E-state index is 11.7. The van der Waals surface area contributed by atoms with Crippen LogP contribution in [0.4, 0.5) is 11.4 Å². The largest absolute Gasteiger partial charge is 0.378 e. The highest BCUT2D eigenvalue weighted by molar-refractivity contribution is 6.30. The lowest BCUT2D eigenvalue weighted by Gasteiger charge is -2.38. The van der Waals surface area contributed by atoms with Gasteiger partial charge >= 0.3 is 0 Å². The summed E-state index contributed by atoms with van der Waals surface area (Å²) >= 11 is 6.21. The van der Waals surface area contributed by atoms with Crippen LogP contribution in [0.3, 0.4) is 0 Å². The van der Waals surface area contributed by atoms with E-state index >= 15 is 0 Å². The first-order valence-electron chi connectivity index (χ1n) is 8.61. The molecule has 4 heteroatoms. The summed E-state index contributed by atoms with van der Waals surface area (Å²) in [7, 11) is 1.82. The Labute approximate surface area is 153 Å². The first-order chi connectivity index (χ1) is 12.0. The second kappa shape index (κ2) is 6.23. The first-order valence-corrected chi connectivity index (χ1v) is 8.99. The summed E-state index contributed by atoms with van der Waals surface area (Å²) in [5.74, 6) is 0.864. The molecule has 0 saturated heterocycles. The number of hydrogen-bond donors (Lipinski definition) is 1. The molecular formula is C21H21ClN2O. The summed E-state index contributed by atoms with van der Waals surface area (Å²) in [5.41, 5.74) is 4.57. The van der Waals surface area contributed by atoms with Gasteiger partial charge in [-0.1, -0.05) is 35.9 Å². The van der Waals surface area contributed by atoms with Crippen LogP contribution in [0.25, 0.3) is 0 Å². The summed E-state index contributed by atoms with van der Waals surface area (Å²) in [6.45, 7) is 1.59.